The van der Waals surface area contributed by atoms with Crippen molar-refractivity contribution in [2.24, 2.45) is 23.2 Å². The first-order valence-electron chi connectivity index (χ1n) is 5.30. The van der Waals surface area contributed by atoms with E-state index in [-0.39, 0.29) is 0 Å². The zero-order valence-corrected chi connectivity index (χ0v) is 7.47. The Morgan fingerprint density at radius 3 is 2.73 bits per heavy atom. The van der Waals surface area contributed by atoms with Gasteiger partial charge in [-0.15, -0.1) is 0 Å². The maximum Gasteiger partial charge on any atom is -0.0264 e. The maximum absolute atomic E-state index is 2.50. The molecule has 0 aliphatic heterocycles. The van der Waals surface area contributed by atoms with Gasteiger partial charge >= 0.3 is 0 Å². The van der Waals surface area contributed by atoms with Gasteiger partial charge in [-0.3, -0.25) is 0 Å². The highest BCUT2D eigenvalue weighted by molar-refractivity contribution is 5.06. The fraction of sp³-hybridized carbons (Fsp3) is 1.00. The van der Waals surface area contributed by atoms with Crippen LogP contribution in [-0.2, 0) is 0 Å². The van der Waals surface area contributed by atoms with Crippen molar-refractivity contribution < 1.29 is 0 Å². The highest BCUT2D eigenvalue weighted by Gasteiger charge is 2.55. The topological polar surface area (TPSA) is 0 Å². The van der Waals surface area contributed by atoms with E-state index in [1.54, 1.807) is 38.5 Å². The van der Waals surface area contributed by atoms with Gasteiger partial charge in [0.15, 0.2) is 0 Å². The molecule has 3 rings (SSSR count). The molecule has 0 aromatic heterocycles. The summed E-state index contributed by atoms with van der Waals surface area (Å²) in [6.07, 6.45) is 9.48. The minimum absolute atomic E-state index is 0.905. The quantitative estimate of drug-likeness (QED) is 0.497. The van der Waals surface area contributed by atoms with Gasteiger partial charge in [0.1, 0.15) is 0 Å². The van der Waals surface area contributed by atoms with Gasteiger partial charge in [0.05, 0.1) is 0 Å². The molecule has 3 saturated carbocycles. The Bertz CT molecular complexity index is 184. The van der Waals surface area contributed by atoms with Crippen LogP contribution >= 0.6 is 0 Å². The van der Waals surface area contributed by atoms with E-state index in [1.807, 2.05) is 0 Å². The van der Waals surface area contributed by atoms with Crippen molar-refractivity contribution in [2.45, 2.75) is 45.4 Å². The van der Waals surface area contributed by atoms with E-state index in [1.165, 1.54) is 0 Å². The Hall–Kier alpha value is 0. The second-order valence-corrected chi connectivity index (χ2v) is 5.33. The van der Waals surface area contributed by atoms with Crippen LogP contribution in [0.15, 0.2) is 0 Å². The summed E-state index contributed by atoms with van der Waals surface area (Å²) in [4.78, 5) is 0. The van der Waals surface area contributed by atoms with Crippen molar-refractivity contribution in [2.75, 3.05) is 0 Å². The van der Waals surface area contributed by atoms with E-state index < -0.39 is 0 Å². The molecule has 2 bridgehead atoms. The molecule has 11 heavy (non-hydrogen) atoms. The summed E-state index contributed by atoms with van der Waals surface area (Å²) in [5.41, 5.74) is 0.905. The molecule has 62 valence electrons. The zero-order valence-electron chi connectivity index (χ0n) is 7.47. The van der Waals surface area contributed by atoms with Crippen LogP contribution in [-0.4, -0.2) is 0 Å². The predicted octanol–water partition coefficient (Wildman–Crippen LogP) is 3.22. The lowest BCUT2D eigenvalue weighted by Crippen LogP contribution is -2.44. The number of hydrogen-bond acceptors (Lipinski definition) is 0. The summed E-state index contributed by atoms with van der Waals surface area (Å²) in [6, 6.07) is 0. The van der Waals surface area contributed by atoms with Gasteiger partial charge in [0.2, 0.25) is 0 Å². The molecule has 0 amide bonds. The third-order valence-corrected chi connectivity index (χ3v) is 4.88. The zero-order chi connectivity index (χ0) is 7.47. The summed E-state index contributed by atoms with van der Waals surface area (Å²) in [5.74, 6) is 3.37. The van der Waals surface area contributed by atoms with Crippen LogP contribution in [0.5, 0.6) is 0 Å². The van der Waals surface area contributed by atoms with Crippen LogP contribution in [0.3, 0.4) is 0 Å². The summed E-state index contributed by atoms with van der Waals surface area (Å²) in [5, 5.41) is 0. The average molecular weight is 150 g/mol. The first-order chi connectivity index (χ1) is 5.30. The van der Waals surface area contributed by atoms with Gasteiger partial charge in [-0.1, -0.05) is 6.92 Å². The smallest absolute Gasteiger partial charge is 0.0264 e. The van der Waals surface area contributed by atoms with Gasteiger partial charge in [0.25, 0.3) is 0 Å². The van der Waals surface area contributed by atoms with E-state index in [2.05, 4.69) is 6.92 Å². The molecule has 0 nitrogen and oxygen atoms in total. The van der Waals surface area contributed by atoms with Crippen LogP contribution in [0.2, 0.25) is 0 Å². The molecule has 3 aliphatic carbocycles. The van der Waals surface area contributed by atoms with Gasteiger partial charge in [-0.25, -0.2) is 0 Å². The minimum Gasteiger partial charge on any atom is -0.0622 e. The molecular weight excluding hydrogens is 132 g/mol. The minimum atomic E-state index is 0.905. The number of hydrogen-bond donors (Lipinski definition) is 0. The first kappa shape index (κ1) is 6.51. The van der Waals surface area contributed by atoms with Gasteiger partial charge in [-0.05, 0) is 61.7 Å². The Morgan fingerprint density at radius 1 is 1.18 bits per heavy atom. The van der Waals surface area contributed by atoms with Crippen LogP contribution in [0.4, 0.5) is 0 Å². The average Bonchev–Trinajstić information content (AvgIpc) is 2.27. The van der Waals surface area contributed by atoms with Crippen LogP contribution in [0, 0.1) is 23.2 Å². The van der Waals surface area contributed by atoms with Crippen LogP contribution in [0.25, 0.3) is 0 Å². The standard InChI is InChI=1S/C11H18/c1-8-6-9-2-4-11(7-9)5-3-10(8)11/h8-10H,2-7H2,1H3. The lowest BCUT2D eigenvalue weighted by atomic mass is 9.52. The Balaban J connectivity index is 1.93. The highest BCUT2D eigenvalue weighted by atomic mass is 14.6. The van der Waals surface area contributed by atoms with Gasteiger partial charge < -0.3 is 0 Å². The molecule has 4 unspecified atom stereocenters. The Morgan fingerprint density at radius 2 is 2.00 bits per heavy atom. The molecule has 0 aromatic rings. The lowest BCUT2D eigenvalue weighted by Gasteiger charge is -2.53. The fourth-order valence-corrected chi connectivity index (χ4v) is 4.33. The van der Waals surface area contributed by atoms with E-state index in [0.717, 1.165) is 23.2 Å². The second-order valence-electron chi connectivity index (χ2n) is 5.33. The summed E-state index contributed by atoms with van der Waals surface area (Å²) in [7, 11) is 0. The van der Waals surface area contributed by atoms with Crippen molar-refractivity contribution in [3.63, 3.8) is 0 Å². The lowest BCUT2D eigenvalue weighted by molar-refractivity contribution is -0.0358. The largest absolute Gasteiger partial charge is 0.0622 e. The molecule has 0 radical (unpaired) electrons. The highest BCUT2D eigenvalue weighted by Crippen LogP contribution is 2.66. The molecule has 0 N–H and O–H groups in total. The fourth-order valence-electron chi connectivity index (χ4n) is 4.33. The second kappa shape index (κ2) is 1.84. The summed E-state index contributed by atoms with van der Waals surface area (Å²) >= 11 is 0. The van der Waals surface area contributed by atoms with Gasteiger partial charge in [0, 0.05) is 0 Å². The predicted molar refractivity (Wildman–Crippen MR) is 46.3 cm³/mol. The van der Waals surface area contributed by atoms with Crippen molar-refractivity contribution in [1.82, 2.24) is 0 Å². The first-order valence-corrected chi connectivity index (χ1v) is 5.30. The van der Waals surface area contributed by atoms with E-state index in [4.69, 9.17) is 0 Å². The monoisotopic (exact) mass is 150 g/mol. The van der Waals surface area contributed by atoms with Crippen LogP contribution in [0.1, 0.15) is 45.4 Å². The SMILES string of the molecule is CC1CC2CCC3(CCC13)C2. The molecule has 3 fully saturated rings. The van der Waals surface area contributed by atoms with E-state index in [9.17, 15) is 0 Å². The molecular formula is C11H18. The third kappa shape index (κ3) is 0.666. The normalized spacial score (nSPS) is 60.3. The van der Waals surface area contributed by atoms with E-state index >= 15 is 0 Å². The Labute approximate surface area is 69.4 Å². The molecule has 0 aromatic carbocycles. The molecule has 0 saturated heterocycles. The summed E-state index contributed by atoms with van der Waals surface area (Å²) < 4.78 is 0. The van der Waals surface area contributed by atoms with Crippen molar-refractivity contribution in [3.8, 4) is 0 Å². The number of rotatable bonds is 0. The molecule has 0 heterocycles. The van der Waals surface area contributed by atoms with Crippen molar-refractivity contribution in [3.05, 3.63) is 0 Å². The van der Waals surface area contributed by atoms with E-state index in [0.29, 0.717) is 0 Å². The van der Waals surface area contributed by atoms with Gasteiger partial charge in [-0.2, -0.15) is 0 Å². The Kier molecular flexibility index (Phi) is 1.09. The van der Waals surface area contributed by atoms with Crippen molar-refractivity contribution >= 4 is 0 Å². The maximum atomic E-state index is 2.50. The molecule has 4 atom stereocenters. The molecule has 3 aliphatic rings. The number of fused-ring (bicyclic) bond motifs is 1. The van der Waals surface area contributed by atoms with Crippen LogP contribution < -0.4 is 0 Å². The van der Waals surface area contributed by atoms with Crippen molar-refractivity contribution in [1.29, 1.82) is 0 Å². The molecule has 0 heteroatoms. The molecule has 1 spiro atoms. The summed E-state index contributed by atoms with van der Waals surface area (Å²) in [6.45, 7) is 2.50. The third-order valence-electron chi connectivity index (χ3n) is 4.88.